The molecular weight excluding hydrogens is 160 g/mol. The third-order valence-electron chi connectivity index (χ3n) is 2.20. The zero-order valence-electron chi connectivity index (χ0n) is 7.69. The Balaban J connectivity index is 2.58. The molecule has 1 N–H and O–H groups in total. The Morgan fingerprint density at radius 2 is 2.00 bits per heavy atom. The van der Waals surface area contributed by atoms with Crippen LogP contribution >= 0.6 is 0 Å². The lowest BCUT2D eigenvalue weighted by atomic mass is 10.1. The van der Waals surface area contributed by atoms with E-state index in [0.717, 1.165) is 6.42 Å². The first-order valence-corrected chi connectivity index (χ1v) is 4.13. The smallest absolute Gasteiger partial charge is 0.186 e. The molecule has 0 bridgehead atoms. The van der Waals surface area contributed by atoms with Crippen LogP contribution in [0.15, 0.2) is 0 Å². The van der Waals surface area contributed by atoms with Gasteiger partial charge in [-0.25, -0.2) is 0 Å². The van der Waals surface area contributed by atoms with Crippen molar-refractivity contribution in [3.8, 4) is 0 Å². The third kappa shape index (κ3) is 1.61. The molecule has 4 atom stereocenters. The van der Waals surface area contributed by atoms with Gasteiger partial charge in [-0.1, -0.05) is 6.92 Å². The van der Waals surface area contributed by atoms with E-state index < -0.39 is 12.4 Å². The zero-order valence-corrected chi connectivity index (χ0v) is 7.69. The highest BCUT2D eigenvalue weighted by molar-refractivity contribution is 4.86. The van der Waals surface area contributed by atoms with Gasteiger partial charge in [-0.15, -0.1) is 0 Å². The van der Waals surface area contributed by atoms with Crippen molar-refractivity contribution in [2.24, 2.45) is 0 Å². The van der Waals surface area contributed by atoms with Crippen molar-refractivity contribution in [3.05, 3.63) is 0 Å². The molecule has 2 unspecified atom stereocenters. The van der Waals surface area contributed by atoms with E-state index in [4.69, 9.17) is 14.2 Å². The SMILES string of the molecule is CC[C@@H]1O[C@H](OC)C(OC)C1O. The first-order chi connectivity index (χ1) is 5.74. The number of aliphatic hydroxyl groups excluding tert-OH is 1. The van der Waals surface area contributed by atoms with Crippen LogP contribution in [0.3, 0.4) is 0 Å². The predicted octanol–water partition coefficient (Wildman–Crippen LogP) is 0.144. The van der Waals surface area contributed by atoms with E-state index in [0.29, 0.717) is 0 Å². The maximum Gasteiger partial charge on any atom is 0.186 e. The molecule has 4 nitrogen and oxygen atoms in total. The van der Waals surface area contributed by atoms with Gasteiger partial charge in [0.1, 0.15) is 12.2 Å². The summed E-state index contributed by atoms with van der Waals surface area (Å²) in [6.45, 7) is 1.96. The van der Waals surface area contributed by atoms with E-state index in [1.165, 1.54) is 0 Å². The second kappa shape index (κ2) is 4.18. The van der Waals surface area contributed by atoms with Gasteiger partial charge < -0.3 is 19.3 Å². The Kier molecular flexibility index (Phi) is 3.46. The molecule has 72 valence electrons. The van der Waals surface area contributed by atoms with Crippen molar-refractivity contribution in [1.82, 2.24) is 0 Å². The Bertz CT molecular complexity index is 137. The lowest BCUT2D eigenvalue weighted by Crippen LogP contribution is -2.34. The molecule has 12 heavy (non-hydrogen) atoms. The van der Waals surface area contributed by atoms with E-state index in [9.17, 15) is 5.11 Å². The van der Waals surface area contributed by atoms with Crippen LogP contribution in [0.4, 0.5) is 0 Å². The Labute approximate surface area is 72.4 Å². The van der Waals surface area contributed by atoms with Gasteiger partial charge in [-0.3, -0.25) is 0 Å². The first kappa shape index (κ1) is 9.92. The van der Waals surface area contributed by atoms with E-state index in [1.54, 1.807) is 14.2 Å². The minimum atomic E-state index is -0.579. The molecule has 1 aliphatic rings. The number of hydrogen-bond donors (Lipinski definition) is 1. The molecule has 1 heterocycles. The van der Waals surface area contributed by atoms with Gasteiger partial charge in [0.2, 0.25) is 0 Å². The molecule has 1 fully saturated rings. The quantitative estimate of drug-likeness (QED) is 0.664. The fraction of sp³-hybridized carbons (Fsp3) is 1.00. The summed E-state index contributed by atoms with van der Waals surface area (Å²) < 4.78 is 15.4. The highest BCUT2D eigenvalue weighted by Gasteiger charge is 2.43. The van der Waals surface area contributed by atoms with Crippen LogP contribution in [0.2, 0.25) is 0 Å². The Morgan fingerprint density at radius 1 is 1.33 bits per heavy atom. The van der Waals surface area contributed by atoms with Crippen LogP contribution < -0.4 is 0 Å². The van der Waals surface area contributed by atoms with Crippen molar-refractivity contribution in [1.29, 1.82) is 0 Å². The fourth-order valence-electron chi connectivity index (χ4n) is 1.48. The molecule has 0 spiro atoms. The number of hydrogen-bond acceptors (Lipinski definition) is 4. The molecule has 1 saturated heterocycles. The number of ether oxygens (including phenoxy) is 3. The van der Waals surface area contributed by atoms with Crippen molar-refractivity contribution >= 4 is 0 Å². The van der Waals surface area contributed by atoms with E-state index in [-0.39, 0.29) is 12.2 Å². The maximum absolute atomic E-state index is 9.62. The van der Waals surface area contributed by atoms with Crippen LogP contribution in [0.5, 0.6) is 0 Å². The standard InChI is InChI=1S/C8H16O4/c1-4-5-6(9)7(10-2)8(11-3)12-5/h5-9H,4H2,1-3H3/t5-,6?,7?,8-/m0/s1. The van der Waals surface area contributed by atoms with Gasteiger partial charge in [0.15, 0.2) is 6.29 Å². The normalized spacial score (nSPS) is 42.0. The minimum Gasteiger partial charge on any atom is -0.387 e. The van der Waals surface area contributed by atoms with Crippen LogP contribution in [0.1, 0.15) is 13.3 Å². The predicted molar refractivity (Wildman–Crippen MR) is 42.8 cm³/mol. The van der Waals surface area contributed by atoms with Gasteiger partial charge in [-0.2, -0.15) is 0 Å². The summed E-state index contributed by atoms with van der Waals surface area (Å²) in [5.41, 5.74) is 0. The van der Waals surface area contributed by atoms with Crippen molar-refractivity contribution in [2.75, 3.05) is 14.2 Å². The van der Waals surface area contributed by atoms with Gasteiger partial charge in [0, 0.05) is 14.2 Å². The topological polar surface area (TPSA) is 47.9 Å². The molecule has 1 rings (SSSR count). The second-order valence-corrected chi connectivity index (χ2v) is 2.88. The summed E-state index contributed by atoms with van der Waals surface area (Å²) in [4.78, 5) is 0. The lowest BCUT2D eigenvalue weighted by molar-refractivity contribution is -0.155. The monoisotopic (exact) mass is 176 g/mol. The van der Waals surface area contributed by atoms with Crippen LogP contribution in [-0.4, -0.2) is 43.9 Å². The van der Waals surface area contributed by atoms with Gasteiger partial charge in [0.05, 0.1) is 6.10 Å². The zero-order chi connectivity index (χ0) is 9.14. The molecule has 0 aromatic carbocycles. The summed E-state index contributed by atoms with van der Waals surface area (Å²) >= 11 is 0. The molecule has 0 aliphatic carbocycles. The molecule has 0 aromatic heterocycles. The summed E-state index contributed by atoms with van der Waals surface area (Å²) in [6.07, 6.45) is -0.777. The minimum absolute atomic E-state index is 0.167. The van der Waals surface area contributed by atoms with E-state index >= 15 is 0 Å². The van der Waals surface area contributed by atoms with E-state index in [2.05, 4.69) is 0 Å². The Morgan fingerprint density at radius 3 is 2.33 bits per heavy atom. The molecule has 1 aliphatic heterocycles. The second-order valence-electron chi connectivity index (χ2n) is 2.88. The molecule has 0 radical (unpaired) electrons. The maximum atomic E-state index is 9.62. The summed E-state index contributed by atoms with van der Waals surface area (Å²) in [6, 6.07) is 0. The molecule has 4 heteroatoms. The van der Waals surface area contributed by atoms with Crippen molar-refractivity contribution in [3.63, 3.8) is 0 Å². The van der Waals surface area contributed by atoms with Gasteiger partial charge in [0.25, 0.3) is 0 Å². The average molecular weight is 176 g/mol. The molecule has 0 saturated carbocycles. The van der Waals surface area contributed by atoms with Gasteiger partial charge >= 0.3 is 0 Å². The lowest BCUT2D eigenvalue weighted by Gasteiger charge is -2.16. The Hall–Kier alpha value is -0.160. The molecule has 0 amide bonds. The highest BCUT2D eigenvalue weighted by atomic mass is 16.7. The molecule has 0 aromatic rings. The highest BCUT2D eigenvalue weighted by Crippen LogP contribution is 2.25. The largest absolute Gasteiger partial charge is 0.387 e. The third-order valence-corrected chi connectivity index (χ3v) is 2.20. The summed E-state index contributed by atoms with van der Waals surface area (Å²) in [5.74, 6) is 0. The summed E-state index contributed by atoms with van der Waals surface area (Å²) in [5, 5.41) is 9.62. The van der Waals surface area contributed by atoms with E-state index in [1.807, 2.05) is 6.92 Å². The number of rotatable bonds is 3. The van der Waals surface area contributed by atoms with Crippen molar-refractivity contribution < 1.29 is 19.3 Å². The van der Waals surface area contributed by atoms with Crippen LogP contribution in [-0.2, 0) is 14.2 Å². The summed E-state index contributed by atoms with van der Waals surface area (Å²) in [7, 11) is 3.09. The number of aliphatic hydroxyl groups is 1. The molecular formula is C8H16O4. The fourth-order valence-corrected chi connectivity index (χ4v) is 1.48. The first-order valence-electron chi connectivity index (χ1n) is 4.13. The average Bonchev–Trinajstić information content (AvgIpc) is 2.41. The number of methoxy groups -OCH3 is 2. The van der Waals surface area contributed by atoms with Crippen molar-refractivity contribution in [2.45, 2.75) is 37.9 Å². The van der Waals surface area contributed by atoms with Gasteiger partial charge in [-0.05, 0) is 6.42 Å². The van der Waals surface area contributed by atoms with Crippen LogP contribution in [0.25, 0.3) is 0 Å². The van der Waals surface area contributed by atoms with Crippen LogP contribution in [0, 0.1) is 0 Å².